The Hall–Kier alpha value is -0.0800. The van der Waals surface area contributed by atoms with Crippen molar-refractivity contribution in [2.75, 3.05) is 6.61 Å². The van der Waals surface area contributed by atoms with Crippen LogP contribution >= 0.6 is 0 Å². The molecule has 2 aliphatic carbocycles. The maximum Gasteiger partial charge on any atom is 0.0582 e. The predicted octanol–water partition coefficient (Wildman–Crippen LogP) is 2.17. The van der Waals surface area contributed by atoms with E-state index in [4.69, 9.17) is 5.11 Å². The van der Waals surface area contributed by atoms with Gasteiger partial charge in [-0.3, -0.25) is 0 Å². The van der Waals surface area contributed by atoms with Crippen LogP contribution in [0.5, 0.6) is 0 Å². The van der Waals surface area contributed by atoms with Gasteiger partial charge in [-0.05, 0) is 42.9 Å². The first-order valence-electron chi connectivity index (χ1n) is 6.28. The quantitative estimate of drug-likeness (QED) is 0.750. The Labute approximate surface area is 93.5 Å². The molecule has 2 nitrogen and oxygen atoms in total. The molecule has 0 saturated heterocycles. The van der Waals surface area contributed by atoms with Crippen LogP contribution < -0.4 is 5.32 Å². The fourth-order valence-electron chi connectivity index (χ4n) is 3.85. The van der Waals surface area contributed by atoms with E-state index in [9.17, 15) is 0 Å². The van der Waals surface area contributed by atoms with Gasteiger partial charge in [0.1, 0.15) is 0 Å². The number of aliphatic hydroxyl groups excluding tert-OH is 1. The van der Waals surface area contributed by atoms with Crippen LogP contribution in [0.1, 0.15) is 47.0 Å². The van der Waals surface area contributed by atoms with Gasteiger partial charge in [-0.15, -0.1) is 0 Å². The Bertz CT molecular complexity index is 251. The number of aliphatic hydroxyl groups is 1. The van der Waals surface area contributed by atoms with Crippen LogP contribution in [0.25, 0.3) is 0 Å². The van der Waals surface area contributed by atoms with Crippen LogP contribution in [0, 0.1) is 16.7 Å². The SMILES string of the molecule is C[C@@H](CO)NC1CC2CC[C@]1(C)C2(C)C. The fraction of sp³-hybridized carbons (Fsp3) is 1.00. The van der Waals surface area contributed by atoms with E-state index < -0.39 is 0 Å². The Morgan fingerprint density at radius 3 is 2.47 bits per heavy atom. The van der Waals surface area contributed by atoms with Gasteiger partial charge in [-0.1, -0.05) is 20.8 Å². The topological polar surface area (TPSA) is 32.3 Å². The Balaban J connectivity index is 2.12. The van der Waals surface area contributed by atoms with Crippen LogP contribution in [-0.2, 0) is 0 Å². The highest BCUT2D eigenvalue weighted by Crippen LogP contribution is 2.65. The van der Waals surface area contributed by atoms with Gasteiger partial charge < -0.3 is 10.4 Å². The summed E-state index contributed by atoms with van der Waals surface area (Å²) >= 11 is 0. The van der Waals surface area contributed by atoms with Crippen LogP contribution in [0.3, 0.4) is 0 Å². The van der Waals surface area contributed by atoms with Gasteiger partial charge >= 0.3 is 0 Å². The molecule has 15 heavy (non-hydrogen) atoms. The first-order chi connectivity index (χ1) is 6.91. The summed E-state index contributed by atoms with van der Waals surface area (Å²) in [6, 6.07) is 0.843. The molecule has 88 valence electrons. The lowest BCUT2D eigenvalue weighted by Gasteiger charge is -2.40. The number of hydrogen-bond acceptors (Lipinski definition) is 2. The third-order valence-corrected chi connectivity index (χ3v) is 5.55. The monoisotopic (exact) mass is 211 g/mol. The summed E-state index contributed by atoms with van der Waals surface area (Å²) in [6.07, 6.45) is 4.05. The zero-order valence-corrected chi connectivity index (χ0v) is 10.5. The first-order valence-corrected chi connectivity index (χ1v) is 6.28. The largest absolute Gasteiger partial charge is 0.395 e. The molecule has 2 unspecified atom stereocenters. The minimum atomic E-state index is 0.238. The van der Waals surface area contributed by atoms with Gasteiger partial charge in [-0.25, -0.2) is 0 Å². The van der Waals surface area contributed by atoms with Crippen molar-refractivity contribution in [1.82, 2.24) is 5.32 Å². The van der Waals surface area contributed by atoms with E-state index in [0.717, 1.165) is 5.92 Å². The molecule has 0 aliphatic heterocycles. The summed E-state index contributed by atoms with van der Waals surface area (Å²) in [4.78, 5) is 0. The van der Waals surface area contributed by atoms with Crippen molar-refractivity contribution in [3.8, 4) is 0 Å². The molecule has 2 fully saturated rings. The van der Waals surface area contributed by atoms with Gasteiger partial charge in [0.15, 0.2) is 0 Å². The zero-order chi connectivity index (χ0) is 11.3. The molecule has 2 N–H and O–H groups in total. The molecule has 0 aromatic heterocycles. The molecule has 2 bridgehead atoms. The summed E-state index contributed by atoms with van der Waals surface area (Å²) in [5.41, 5.74) is 0.904. The van der Waals surface area contributed by atoms with Gasteiger partial charge in [0, 0.05) is 12.1 Å². The molecule has 2 rings (SSSR count). The van der Waals surface area contributed by atoms with Crippen molar-refractivity contribution in [2.24, 2.45) is 16.7 Å². The van der Waals surface area contributed by atoms with Crippen molar-refractivity contribution in [3.63, 3.8) is 0 Å². The van der Waals surface area contributed by atoms with E-state index >= 15 is 0 Å². The highest BCUT2D eigenvalue weighted by atomic mass is 16.3. The molecule has 4 atom stereocenters. The average molecular weight is 211 g/mol. The van der Waals surface area contributed by atoms with E-state index in [1.807, 2.05) is 0 Å². The van der Waals surface area contributed by atoms with Crippen molar-refractivity contribution in [3.05, 3.63) is 0 Å². The molecule has 0 radical (unpaired) electrons. The van der Waals surface area contributed by atoms with E-state index in [-0.39, 0.29) is 12.6 Å². The molecule has 0 heterocycles. The summed E-state index contributed by atoms with van der Waals surface area (Å²) in [7, 11) is 0. The Morgan fingerprint density at radius 1 is 1.40 bits per heavy atom. The van der Waals surface area contributed by atoms with Gasteiger partial charge in [0.25, 0.3) is 0 Å². The molecule has 2 heteroatoms. The molecular weight excluding hydrogens is 186 g/mol. The minimum Gasteiger partial charge on any atom is -0.395 e. The first kappa shape index (κ1) is 11.4. The Morgan fingerprint density at radius 2 is 2.07 bits per heavy atom. The van der Waals surface area contributed by atoms with Crippen molar-refractivity contribution in [1.29, 1.82) is 0 Å². The third kappa shape index (κ3) is 1.45. The maximum absolute atomic E-state index is 9.12. The molecule has 0 amide bonds. The average Bonchev–Trinajstić information content (AvgIpc) is 2.50. The highest BCUT2D eigenvalue weighted by Gasteiger charge is 2.61. The van der Waals surface area contributed by atoms with Gasteiger partial charge in [-0.2, -0.15) is 0 Å². The van der Waals surface area contributed by atoms with Crippen molar-refractivity contribution >= 4 is 0 Å². The van der Waals surface area contributed by atoms with Gasteiger partial charge in [0.2, 0.25) is 0 Å². The van der Waals surface area contributed by atoms with Crippen molar-refractivity contribution < 1.29 is 5.11 Å². The second kappa shape index (κ2) is 3.46. The van der Waals surface area contributed by atoms with Crippen LogP contribution in [0.4, 0.5) is 0 Å². The molecular formula is C13H25NO. The summed E-state index contributed by atoms with van der Waals surface area (Å²) in [5.74, 6) is 0.880. The second-order valence-electron chi connectivity index (χ2n) is 6.41. The normalized spacial score (nSPS) is 44.6. The Kier molecular flexibility index (Phi) is 2.63. The van der Waals surface area contributed by atoms with Crippen LogP contribution in [0.15, 0.2) is 0 Å². The third-order valence-electron chi connectivity index (χ3n) is 5.55. The molecule has 0 aromatic carbocycles. The van der Waals surface area contributed by atoms with E-state index in [1.54, 1.807) is 0 Å². The maximum atomic E-state index is 9.12. The lowest BCUT2D eigenvalue weighted by atomic mass is 9.69. The van der Waals surface area contributed by atoms with Crippen LogP contribution in [-0.4, -0.2) is 23.8 Å². The lowest BCUT2D eigenvalue weighted by Crippen LogP contribution is -2.48. The summed E-state index contributed by atoms with van der Waals surface area (Å²) in [5, 5.41) is 12.7. The highest BCUT2D eigenvalue weighted by molar-refractivity contribution is 5.13. The lowest BCUT2D eigenvalue weighted by molar-refractivity contribution is 0.109. The number of nitrogens with one attached hydrogen (secondary N) is 1. The van der Waals surface area contributed by atoms with Crippen LogP contribution in [0.2, 0.25) is 0 Å². The molecule has 0 spiro atoms. The minimum absolute atomic E-state index is 0.238. The zero-order valence-electron chi connectivity index (χ0n) is 10.5. The standard InChI is InChI=1S/C13H25NO/c1-9(8-15)14-11-7-10-5-6-13(11,4)12(10,2)3/h9-11,14-15H,5-8H2,1-4H3/t9-,10?,11?,13-/m0/s1. The van der Waals surface area contributed by atoms with E-state index in [1.165, 1.54) is 19.3 Å². The fourth-order valence-corrected chi connectivity index (χ4v) is 3.85. The van der Waals surface area contributed by atoms with E-state index in [2.05, 4.69) is 33.0 Å². The smallest absolute Gasteiger partial charge is 0.0582 e. The molecule has 2 saturated carbocycles. The van der Waals surface area contributed by atoms with Gasteiger partial charge in [0.05, 0.1) is 6.61 Å². The van der Waals surface area contributed by atoms with Crippen molar-refractivity contribution in [2.45, 2.75) is 59.0 Å². The second-order valence-corrected chi connectivity index (χ2v) is 6.41. The predicted molar refractivity (Wildman–Crippen MR) is 62.7 cm³/mol. The number of rotatable bonds is 3. The molecule has 2 aliphatic rings. The summed E-state index contributed by atoms with van der Waals surface area (Å²) < 4.78 is 0. The van der Waals surface area contributed by atoms with E-state index in [0.29, 0.717) is 16.9 Å². The number of hydrogen-bond donors (Lipinski definition) is 2. The summed E-state index contributed by atoms with van der Waals surface area (Å²) in [6.45, 7) is 9.60. The number of fused-ring (bicyclic) bond motifs is 2. The molecule has 0 aromatic rings.